The molecule has 0 aliphatic carbocycles. The fraction of sp³-hybridized carbons (Fsp3) is 0.611. The van der Waals surface area contributed by atoms with Crippen LogP contribution in [0.1, 0.15) is 44.7 Å². The number of nitrogens with zero attached hydrogens (tertiary/aromatic N) is 2. The lowest BCUT2D eigenvalue weighted by Crippen LogP contribution is -2.37. The molecule has 2 N–H and O–H groups in total. The summed E-state index contributed by atoms with van der Waals surface area (Å²) in [4.78, 5) is 6.63. The van der Waals surface area contributed by atoms with Crippen LogP contribution in [0.5, 0.6) is 0 Å². The van der Waals surface area contributed by atoms with Gasteiger partial charge >= 0.3 is 0 Å². The van der Waals surface area contributed by atoms with E-state index < -0.39 is 0 Å². The maximum Gasteiger partial charge on any atom is 0.191 e. The average molecular weight is 432 g/mol. The Bertz CT molecular complexity index is 460. The fourth-order valence-corrected chi connectivity index (χ4v) is 2.12. The normalized spacial score (nSPS) is 11.5. The summed E-state index contributed by atoms with van der Waals surface area (Å²) in [6, 6.07) is 9.16. The number of halogens is 1. The van der Waals surface area contributed by atoms with Crippen LogP contribution in [-0.2, 0) is 13.1 Å². The van der Waals surface area contributed by atoms with E-state index in [1.54, 1.807) is 0 Å². The molecule has 0 aromatic heterocycles. The van der Waals surface area contributed by atoms with Gasteiger partial charge in [0.25, 0.3) is 0 Å². The fourth-order valence-electron chi connectivity index (χ4n) is 2.12. The molecule has 0 heterocycles. The van der Waals surface area contributed by atoms with Crippen molar-refractivity contribution in [1.29, 1.82) is 0 Å². The highest BCUT2D eigenvalue weighted by molar-refractivity contribution is 14.0. The minimum atomic E-state index is 0. The molecule has 0 bridgehead atoms. The van der Waals surface area contributed by atoms with Gasteiger partial charge in [0.1, 0.15) is 0 Å². The summed E-state index contributed by atoms with van der Waals surface area (Å²) in [5.41, 5.74) is 2.70. The molecule has 0 fully saturated rings. The van der Waals surface area contributed by atoms with E-state index >= 15 is 0 Å². The summed E-state index contributed by atoms with van der Waals surface area (Å²) in [6.07, 6.45) is 2.35. The summed E-state index contributed by atoms with van der Waals surface area (Å²) in [5, 5.41) is 6.76. The van der Waals surface area contributed by atoms with Crippen LogP contribution in [0.2, 0.25) is 0 Å². The van der Waals surface area contributed by atoms with Gasteiger partial charge in [-0.15, -0.1) is 24.0 Å². The summed E-state index contributed by atoms with van der Waals surface area (Å²) >= 11 is 0. The zero-order chi connectivity index (χ0) is 16.4. The van der Waals surface area contributed by atoms with Crippen LogP contribution in [0.3, 0.4) is 0 Å². The van der Waals surface area contributed by atoms with Crippen molar-refractivity contribution < 1.29 is 0 Å². The van der Waals surface area contributed by atoms with Crippen molar-refractivity contribution in [2.24, 2.45) is 4.99 Å². The zero-order valence-corrected chi connectivity index (χ0v) is 17.6. The molecule has 0 radical (unpaired) electrons. The SMILES string of the molecule is CCCCNC(=NC)NCc1ccccc1CN(C)C(C)C.I. The van der Waals surface area contributed by atoms with Crippen LogP contribution >= 0.6 is 24.0 Å². The van der Waals surface area contributed by atoms with Crippen LogP contribution < -0.4 is 10.6 Å². The lowest BCUT2D eigenvalue weighted by Gasteiger charge is -2.23. The molecule has 132 valence electrons. The van der Waals surface area contributed by atoms with Crippen molar-refractivity contribution in [1.82, 2.24) is 15.5 Å². The minimum absolute atomic E-state index is 0. The van der Waals surface area contributed by atoms with Crippen LogP contribution in [0.15, 0.2) is 29.3 Å². The van der Waals surface area contributed by atoms with Crippen molar-refractivity contribution in [3.8, 4) is 0 Å². The Morgan fingerprint density at radius 1 is 1.17 bits per heavy atom. The number of unbranched alkanes of at least 4 members (excludes halogenated alkanes) is 1. The van der Waals surface area contributed by atoms with E-state index in [9.17, 15) is 0 Å². The molecule has 1 aromatic rings. The number of rotatable bonds is 8. The molecule has 1 rings (SSSR count). The number of hydrogen-bond donors (Lipinski definition) is 2. The maximum absolute atomic E-state index is 4.28. The summed E-state index contributed by atoms with van der Waals surface area (Å²) in [7, 11) is 3.99. The molecule has 23 heavy (non-hydrogen) atoms. The van der Waals surface area contributed by atoms with Crippen LogP contribution in [0, 0.1) is 0 Å². The Morgan fingerprint density at radius 2 is 1.83 bits per heavy atom. The summed E-state index contributed by atoms with van der Waals surface area (Å²) in [5.74, 6) is 0.875. The monoisotopic (exact) mass is 432 g/mol. The summed E-state index contributed by atoms with van der Waals surface area (Å²) in [6.45, 7) is 9.37. The molecular formula is C18H33IN4. The molecule has 0 unspecified atom stereocenters. The molecule has 1 aromatic carbocycles. The van der Waals surface area contributed by atoms with Crippen molar-refractivity contribution in [3.63, 3.8) is 0 Å². The predicted molar refractivity (Wildman–Crippen MR) is 112 cm³/mol. The highest BCUT2D eigenvalue weighted by Crippen LogP contribution is 2.12. The van der Waals surface area contributed by atoms with Gasteiger partial charge in [-0.25, -0.2) is 0 Å². The molecule has 0 spiro atoms. The molecule has 0 saturated heterocycles. The first kappa shape index (κ1) is 22.2. The molecule has 0 saturated carbocycles. The first-order valence-electron chi connectivity index (χ1n) is 8.30. The van der Waals surface area contributed by atoms with E-state index in [0.717, 1.165) is 32.0 Å². The number of benzene rings is 1. The quantitative estimate of drug-likeness (QED) is 0.285. The van der Waals surface area contributed by atoms with Gasteiger partial charge < -0.3 is 10.6 Å². The Labute approximate surface area is 159 Å². The Kier molecular flexibility index (Phi) is 12.1. The van der Waals surface area contributed by atoms with E-state index in [0.29, 0.717) is 6.04 Å². The van der Waals surface area contributed by atoms with Gasteiger partial charge in [-0.3, -0.25) is 9.89 Å². The average Bonchev–Trinajstić information content (AvgIpc) is 2.51. The zero-order valence-electron chi connectivity index (χ0n) is 15.2. The molecule has 0 aliphatic rings. The molecule has 0 amide bonds. The van der Waals surface area contributed by atoms with Crippen molar-refractivity contribution in [3.05, 3.63) is 35.4 Å². The Balaban J connectivity index is 0.00000484. The molecule has 0 atom stereocenters. The van der Waals surface area contributed by atoms with E-state index in [-0.39, 0.29) is 24.0 Å². The van der Waals surface area contributed by atoms with E-state index in [2.05, 4.69) is 72.6 Å². The third kappa shape index (κ3) is 8.55. The number of aliphatic imine (C=N–C) groups is 1. The van der Waals surface area contributed by atoms with Gasteiger partial charge in [0.15, 0.2) is 5.96 Å². The van der Waals surface area contributed by atoms with Crippen molar-refractivity contribution in [2.45, 2.75) is 52.7 Å². The topological polar surface area (TPSA) is 39.7 Å². The predicted octanol–water partition coefficient (Wildman–Crippen LogP) is 3.61. The largest absolute Gasteiger partial charge is 0.356 e. The maximum atomic E-state index is 4.28. The second-order valence-electron chi connectivity index (χ2n) is 5.98. The number of nitrogens with one attached hydrogen (secondary N) is 2. The third-order valence-electron chi connectivity index (χ3n) is 3.91. The first-order valence-corrected chi connectivity index (χ1v) is 8.30. The highest BCUT2D eigenvalue weighted by atomic mass is 127. The van der Waals surface area contributed by atoms with Crippen LogP contribution in [0.4, 0.5) is 0 Å². The van der Waals surface area contributed by atoms with Gasteiger partial charge in [0.05, 0.1) is 0 Å². The number of guanidine groups is 1. The number of hydrogen-bond acceptors (Lipinski definition) is 2. The molecular weight excluding hydrogens is 399 g/mol. The van der Waals surface area contributed by atoms with E-state index in [4.69, 9.17) is 0 Å². The smallest absolute Gasteiger partial charge is 0.191 e. The molecule has 5 heteroatoms. The van der Waals surface area contributed by atoms with E-state index in [1.165, 1.54) is 17.5 Å². The van der Waals surface area contributed by atoms with Crippen LogP contribution in [0.25, 0.3) is 0 Å². The van der Waals surface area contributed by atoms with Gasteiger partial charge in [-0.2, -0.15) is 0 Å². The van der Waals surface area contributed by atoms with Gasteiger partial charge in [0, 0.05) is 32.7 Å². The van der Waals surface area contributed by atoms with Gasteiger partial charge in [0.2, 0.25) is 0 Å². The Hall–Kier alpha value is -0.820. The minimum Gasteiger partial charge on any atom is -0.356 e. The van der Waals surface area contributed by atoms with Gasteiger partial charge in [-0.05, 0) is 38.4 Å². The second kappa shape index (κ2) is 12.6. The van der Waals surface area contributed by atoms with Crippen LogP contribution in [-0.4, -0.2) is 37.5 Å². The lowest BCUT2D eigenvalue weighted by molar-refractivity contribution is 0.265. The first-order chi connectivity index (χ1) is 10.6. The second-order valence-corrected chi connectivity index (χ2v) is 5.98. The standard InChI is InChI=1S/C18H32N4.HI/c1-6-7-12-20-18(19-4)21-13-16-10-8-9-11-17(16)14-22(5)15(2)3;/h8-11,15H,6-7,12-14H2,1-5H3,(H2,19,20,21);1H. The molecule has 4 nitrogen and oxygen atoms in total. The van der Waals surface area contributed by atoms with Crippen molar-refractivity contribution in [2.75, 3.05) is 20.6 Å². The highest BCUT2D eigenvalue weighted by Gasteiger charge is 2.08. The molecule has 0 aliphatic heterocycles. The van der Waals surface area contributed by atoms with Crippen molar-refractivity contribution >= 4 is 29.9 Å². The van der Waals surface area contributed by atoms with Gasteiger partial charge in [-0.1, -0.05) is 37.6 Å². The van der Waals surface area contributed by atoms with E-state index in [1.807, 2.05) is 7.05 Å². The lowest BCUT2D eigenvalue weighted by atomic mass is 10.1. The summed E-state index contributed by atoms with van der Waals surface area (Å²) < 4.78 is 0. The third-order valence-corrected chi connectivity index (χ3v) is 3.91. The Morgan fingerprint density at radius 3 is 2.39 bits per heavy atom.